The maximum absolute atomic E-state index is 13.5. The summed E-state index contributed by atoms with van der Waals surface area (Å²) in [6.45, 7) is 5.28. The Balaban J connectivity index is 1.88. The van der Waals surface area contributed by atoms with Gasteiger partial charge in [-0.05, 0) is 33.3 Å². The lowest BCUT2D eigenvalue weighted by molar-refractivity contribution is -0.148. The van der Waals surface area contributed by atoms with E-state index in [4.69, 9.17) is 16.7 Å². The molecule has 29 heavy (non-hydrogen) atoms. The lowest BCUT2D eigenvalue weighted by atomic mass is 9.76. The smallest absolute Gasteiger partial charge is 0.303 e. The van der Waals surface area contributed by atoms with Crippen LogP contribution in [0.3, 0.4) is 0 Å². The molecule has 4 atom stereocenters. The molecule has 3 heterocycles. The molecule has 1 aromatic carbocycles. The number of amides is 3. The van der Waals surface area contributed by atoms with Crippen LogP contribution in [0.25, 0.3) is 0 Å². The highest BCUT2D eigenvalue weighted by molar-refractivity contribution is 6.35. The van der Waals surface area contributed by atoms with E-state index in [0.29, 0.717) is 16.3 Å². The number of fused-ring (bicyclic) bond motifs is 4. The van der Waals surface area contributed by atoms with E-state index in [1.54, 1.807) is 39.0 Å². The summed E-state index contributed by atoms with van der Waals surface area (Å²) in [5.41, 5.74) is -1.29. The van der Waals surface area contributed by atoms with Gasteiger partial charge in [-0.1, -0.05) is 23.7 Å². The van der Waals surface area contributed by atoms with Crippen molar-refractivity contribution in [3.05, 3.63) is 28.8 Å². The third-order valence-electron chi connectivity index (χ3n) is 6.04. The summed E-state index contributed by atoms with van der Waals surface area (Å²) in [7, 11) is 0. The highest BCUT2D eigenvalue weighted by atomic mass is 35.5. The van der Waals surface area contributed by atoms with Gasteiger partial charge in [0.2, 0.25) is 17.7 Å². The van der Waals surface area contributed by atoms with Gasteiger partial charge < -0.3 is 10.4 Å². The average molecular weight is 420 g/mol. The molecule has 4 rings (SSSR count). The van der Waals surface area contributed by atoms with Crippen molar-refractivity contribution >= 4 is 41.0 Å². The number of imide groups is 1. The molecule has 1 spiro atoms. The molecular formula is C20H22ClN3O5. The Hall–Kier alpha value is -2.45. The molecule has 2 saturated heterocycles. The highest BCUT2D eigenvalue weighted by Gasteiger charge is 2.71. The van der Waals surface area contributed by atoms with Crippen molar-refractivity contribution in [2.45, 2.75) is 50.7 Å². The number of halogens is 1. The van der Waals surface area contributed by atoms with E-state index < -0.39 is 46.7 Å². The Bertz CT molecular complexity index is 956. The van der Waals surface area contributed by atoms with Crippen molar-refractivity contribution in [1.82, 2.24) is 10.2 Å². The molecule has 0 aromatic heterocycles. The van der Waals surface area contributed by atoms with E-state index in [1.165, 1.54) is 4.90 Å². The van der Waals surface area contributed by atoms with Gasteiger partial charge in [0.15, 0.2) is 0 Å². The van der Waals surface area contributed by atoms with Gasteiger partial charge >= 0.3 is 5.97 Å². The second kappa shape index (κ2) is 6.27. The molecular weight excluding hydrogens is 398 g/mol. The lowest BCUT2D eigenvalue weighted by Crippen LogP contribution is -2.55. The predicted molar refractivity (Wildman–Crippen MR) is 104 cm³/mol. The van der Waals surface area contributed by atoms with Crippen LogP contribution in [0.4, 0.5) is 5.69 Å². The summed E-state index contributed by atoms with van der Waals surface area (Å²) in [6, 6.07) is 4.40. The van der Waals surface area contributed by atoms with Crippen LogP contribution in [0.15, 0.2) is 18.2 Å². The first-order valence-electron chi connectivity index (χ1n) is 9.48. The van der Waals surface area contributed by atoms with Crippen LogP contribution in [0.1, 0.15) is 39.2 Å². The van der Waals surface area contributed by atoms with Crippen molar-refractivity contribution in [3.63, 3.8) is 0 Å². The molecule has 1 aromatic rings. The fraction of sp³-hybridized carbons (Fsp3) is 0.500. The van der Waals surface area contributed by atoms with Gasteiger partial charge in [0.25, 0.3) is 0 Å². The minimum absolute atomic E-state index is 0.123. The van der Waals surface area contributed by atoms with Crippen LogP contribution in [-0.4, -0.2) is 45.3 Å². The van der Waals surface area contributed by atoms with Crippen molar-refractivity contribution in [1.29, 1.82) is 0 Å². The van der Waals surface area contributed by atoms with E-state index in [0.717, 1.165) is 0 Å². The molecule has 3 aliphatic heterocycles. The monoisotopic (exact) mass is 419 g/mol. The number of carboxylic acids is 1. The zero-order chi connectivity index (χ0) is 21.3. The predicted octanol–water partition coefficient (Wildman–Crippen LogP) is 1.72. The molecule has 154 valence electrons. The number of aliphatic carboxylic acids is 1. The molecule has 2 fully saturated rings. The largest absolute Gasteiger partial charge is 0.481 e. The molecule has 9 heteroatoms. The van der Waals surface area contributed by atoms with Crippen molar-refractivity contribution in [3.8, 4) is 0 Å². The molecule has 3 aliphatic rings. The van der Waals surface area contributed by atoms with Crippen LogP contribution in [0.5, 0.6) is 0 Å². The van der Waals surface area contributed by atoms with Crippen molar-refractivity contribution in [2.75, 3.05) is 5.32 Å². The highest BCUT2D eigenvalue weighted by Crippen LogP contribution is 2.55. The Labute approximate surface area is 172 Å². The number of nitrogens with one attached hydrogen (secondary N) is 2. The van der Waals surface area contributed by atoms with Gasteiger partial charge in [-0.15, -0.1) is 0 Å². The first-order valence-corrected chi connectivity index (χ1v) is 9.86. The minimum atomic E-state index is -1.46. The summed E-state index contributed by atoms with van der Waals surface area (Å²) in [5.74, 6) is -4.06. The normalized spacial score (nSPS) is 30.7. The second-order valence-corrected chi connectivity index (χ2v) is 9.20. The zero-order valence-corrected chi connectivity index (χ0v) is 17.0. The number of carboxylic acid groups (broad SMARTS) is 1. The van der Waals surface area contributed by atoms with E-state index in [9.17, 15) is 19.2 Å². The molecule has 3 amide bonds. The van der Waals surface area contributed by atoms with Crippen molar-refractivity contribution in [2.24, 2.45) is 11.8 Å². The summed E-state index contributed by atoms with van der Waals surface area (Å²) in [4.78, 5) is 52.3. The number of nitrogens with zero attached hydrogens (tertiary/aromatic N) is 1. The first kappa shape index (κ1) is 19.8. The first-order chi connectivity index (χ1) is 13.5. The molecule has 0 bridgehead atoms. The fourth-order valence-corrected chi connectivity index (χ4v) is 5.20. The van der Waals surface area contributed by atoms with Crippen LogP contribution >= 0.6 is 11.6 Å². The van der Waals surface area contributed by atoms with Crippen LogP contribution in [0.2, 0.25) is 5.02 Å². The van der Waals surface area contributed by atoms with Gasteiger partial charge in [0.05, 0.1) is 22.5 Å². The van der Waals surface area contributed by atoms with E-state index in [2.05, 4.69) is 10.6 Å². The third-order valence-corrected chi connectivity index (χ3v) is 6.35. The molecule has 4 unspecified atom stereocenters. The number of benzene rings is 1. The van der Waals surface area contributed by atoms with Crippen LogP contribution in [0, 0.1) is 11.8 Å². The van der Waals surface area contributed by atoms with Crippen LogP contribution in [-0.2, 0) is 24.7 Å². The number of carbonyl (C=O) groups is 4. The third kappa shape index (κ3) is 2.62. The second-order valence-electron chi connectivity index (χ2n) is 8.79. The summed E-state index contributed by atoms with van der Waals surface area (Å²) in [5, 5.41) is 15.4. The molecule has 0 radical (unpaired) electrons. The summed E-state index contributed by atoms with van der Waals surface area (Å²) in [6.07, 6.45) is -0.0591. The topological polar surface area (TPSA) is 116 Å². The maximum atomic E-state index is 13.5. The number of carbonyl (C=O) groups excluding carboxylic acids is 3. The summed E-state index contributed by atoms with van der Waals surface area (Å²) >= 11 is 6.26. The number of hydrogen-bond donors (Lipinski definition) is 3. The number of likely N-dealkylation sites (tertiary alicyclic amines) is 1. The molecule has 8 nitrogen and oxygen atoms in total. The minimum Gasteiger partial charge on any atom is -0.481 e. The molecule has 0 aliphatic carbocycles. The van der Waals surface area contributed by atoms with E-state index in [-0.39, 0.29) is 18.7 Å². The molecule has 3 N–H and O–H groups in total. The quantitative estimate of drug-likeness (QED) is 0.642. The van der Waals surface area contributed by atoms with Gasteiger partial charge in [0, 0.05) is 23.6 Å². The Morgan fingerprint density at radius 1 is 1.24 bits per heavy atom. The fourth-order valence-electron chi connectivity index (χ4n) is 4.98. The van der Waals surface area contributed by atoms with Gasteiger partial charge in [0.1, 0.15) is 5.54 Å². The molecule has 0 saturated carbocycles. The average Bonchev–Trinajstić information content (AvgIpc) is 3.19. The Morgan fingerprint density at radius 3 is 2.55 bits per heavy atom. The zero-order valence-electron chi connectivity index (χ0n) is 16.3. The SMILES string of the molecule is CC(C)(C)N1C(=O)C2C(CCC(=O)O)NC3(C(=O)Nc4c(Cl)cccc43)C2C1=O. The number of para-hydroxylation sites is 1. The van der Waals surface area contributed by atoms with E-state index in [1.807, 2.05) is 0 Å². The van der Waals surface area contributed by atoms with E-state index >= 15 is 0 Å². The van der Waals surface area contributed by atoms with Crippen molar-refractivity contribution < 1.29 is 24.3 Å². The van der Waals surface area contributed by atoms with Gasteiger partial charge in [-0.2, -0.15) is 0 Å². The Morgan fingerprint density at radius 2 is 1.93 bits per heavy atom. The van der Waals surface area contributed by atoms with Gasteiger partial charge in [-0.3, -0.25) is 29.4 Å². The van der Waals surface area contributed by atoms with Gasteiger partial charge in [-0.25, -0.2) is 0 Å². The maximum Gasteiger partial charge on any atom is 0.303 e. The standard InChI is InChI=1S/C20H22ClN3O5/c1-19(2,3)24-16(27)13-11(7-8-12(25)26)23-20(14(13)17(24)28)9-5-4-6-10(21)15(9)22-18(20)29/h4-6,11,13-14,23H,7-8H2,1-3H3,(H,22,29)(H,25,26). The Kier molecular flexibility index (Phi) is 4.29. The lowest BCUT2D eigenvalue weighted by Gasteiger charge is -2.34. The number of rotatable bonds is 3. The number of anilines is 1. The number of hydrogen-bond acceptors (Lipinski definition) is 5. The van der Waals surface area contributed by atoms with Crippen LogP contribution < -0.4 is 10.6 Å². The summed E-state index contributed by atoms with van der Waals surface area (Å²) < 4.78 is 0.